The zero-order chi connectivity index (χ0) is 23.8. The van der Waals surface area contributed by atoms with Gasteiger partial charge in [0.15, 0.2) is 5.82 Å². The van der Waals surface area contributed by atoms with Crippen molar-refractivity contribution in [3.05, 3.63) is 78.0 Å². The summed E-state index contributed by atoms with van der Waals surface area (Å²) in [5.74, 6) is 1.23. The van der Waals surface area contributed by atoms with Gasteiger partial charge in [-0.05, 0) is 11.6 Å². The average molecular weight is 460 g/mol. The van der Waals surface area contributed by atoms with Gasteiger partial charge in [0.05, 0.1) is 18.1 Å². The van der Waals surface area contributed by atoms with Gasteiger partial charge < -0.3 is 25.5 Å². The van der Waals surface area contributed by atoms with E-state index in [-0.39, 0.29) is 5.91 Å². The minimum absolute atomic E-state index is 0.0712. The molecule has 1 unspecified atom stereocenters. The molecule has 2 heterocycles. The van der Waals surface area contributed by atoms with Crippen LogP contribution >= 0.6 is 0 Å². The maximum Gasteiger partial charge on any atom is 0.216 e. The van der Waals surface area contributed by atoms with Gasteiger partial charge >= 0.3 is 0 Å². The lowest BCUT2D eigenvalue weighted by molar-refractivity contribution is -0.118. The van der Waals surface area contributed by atoms with Crippen LogP contribution in [-0.4, -0.2) is 45.7 Å². The molecule has 0 spiro atoms. The van der Waals surface area contributed by atoms with Crippen molar-refractivity contribution in [2.24, 2.45) is 0 Å². The van der Waals surface area contributed by atoms with Gasteiger partial charge in [-0.3, -0.25) is 4.79 Å². The molecule has 4 aromatic rings. The zero-order valence-electron chi connectivity index (χ0n) is 19.1. The van der Waals surface area contributed by atoms with Gasteiger partial charge in [-0.1, -0.05) is 60.7 Å². The molecular formula is C26H29N5O3. The van der Waals surface area contributed by atoms with E-state index in [1.807, 2.05) is 66.7 Å². The number of H-pyrrole nitrogens is 1. The third-order valence-corrected chi connectivity index (χ3v) is 5.34. The van der Waals surface area contributed by atoms with Crippen molar-refractivity contribution in [3.63, 3.8) is 0 Å². The lowest BCUT2D eigenvalue weighted by Crippen LogP contribution is -2.26. The summed E-state index contributed by atoms with van der Waals surface area (Å²) in [7, 11) is 0. The van der Waals surface area contributed by atoms with Crippen molar-refractivity contribution in [2.45, 2.75) is 26.1 Å². The van der Waals surface area contributed by atoms with Crippen molar-refractivity contribution in [1.29, 1.82) is 0 Å². The maximum absolute atomic E-state index is 11.2. The second kappa shape index (κ2) is 11.4. The molecule has 34 heavy (non-hydrogen) atoms. The molecule has 0 aliphatic rings. The van der Waals surface area contributed by atoms with Crippen LogP contribution in [0.25, 0.3) is 22.4 Å². The van der Waals surface area contributed by atoms with Crippen LogP contribution in [0.4, 0.5) is 5.82 Å². The van der Waals surface area contributed by atoms with E-state index >= 15 is 0 Å². The molecule has 0 saturated heterocycles. The SMILES string of the molecule is CC(=O)NCCNc1nc(-c2ccccc2)nc2[nH]c(COCCC(O)c3ccccc3)cc12. The minimum Gasteiger partial charge on any atom is -0.388 e. The van der Waals surface area contributed by atoms with E-state index in [0.29, 0.717) is 50.0 Å². The van der Waals surface area contributed by atoms with E-state index in [1.165, 1.54) is 6.92 Å². The lowest BCUT2D eigenvalue weighted by Gasteiger charge is -2.10. The Kier molecular flexibility index (Phi) is 7.85. The highest BCUT2D eigenvalue weighted by Gasteiger charge is 2.13. The predicted octanol–water partition coefficient (Wildman–Crippen LogP) is 3.81. The first kappa shape index (κ1) is 23.4. The fourth-order valence-electron chi connectivity index (χ4n) is 3.63. The largest absolute Gasteiger partial charge is 0.388 e. The molecule has 8 nitrogen and oxygen atoms in total. The first-order chi connectivity index (χ1) is 16.6. The number of nitrogens with zero attached hydrogens (tertiary/aromatic N) is 2. The third-order valence-electron chi connectivity index (χ3n) is 5.34. The van der Waals surface area contributed by atoms with Gasteiger partial charge in [0.1, 0.15) is 11.5 Å². The molecule has 2 aromatic heterocycles. The standard InChI is InChI=1S/C26H29N5O3/c1-18(32)27-13-14-28-25-22-16-21(17-34-15-12-23(33)19-8-4-2-5-9-19)29-26(22)31-24(30-25)20-10-6-3-7-11-20/h2-11,16,23,33H,12-15,17H2,1H3,(H,27,32)(H2,28,29,30,31). The van der Waals surface area contributed by atoms with Crippen LogP contribution in [0.1, 0.15) is 30.7 Å². The lowest BCUT2D eigenvalue weighted by atomic mass is 10.1. The second-order valence-electron chi connectivity index (χ2n) is 8.00. The van der Waals surface area contributed by atoms with E-state index in [0.717, 1.165) is 22.2 Å². The Hall–Kier alpha value is -3.75. The number of amides is 1. The second-order valence-corrected chi connectivity index (χ2v) is 8.00. The number of fused-ring (bicyclic) bond motifs is 1. The fourth-order valence-corrected chi connectivity index (χ4v) is 3.63. The molecule has 176 valence electrons. The topological polar surface area (TPSA) is 112 Å². The number of hydrogen-bond acceptors (Lipinski definition) is 6. The summed E-state index contributed by atoms with van der Waals surface area (Å²) in [6, 6.07) is 21.3. The molecule has 0 bridgehead atoms. The van der Waals surface area contributed by atoms with Gasteiger partial charge in [-0.25, -0.2) is 9.97 Å². The van der Waals surface area contributed by atoms with E-state index in [4.69, 9.17) is 14.7 Å². The number of benzene rings is 2. The summed E-state index contributed by atoms with van der Waals surface area (Å²) in [6.45, 7) is 3.31. The van der Waals surface area contributed by atoms with Crippen LogP contribution in [-0.2, 0) is 16.1 Å². The molecule has 0 fully saturated rings. The monoisotopic (exact) mass is 459 g/mol. The molecule has 1 amide bonds. The highest BCUT2D eigenvalue weighted by Crippen LogP contribution is 2.26. The highest BCUT2D eigenvalue weighted by molar-refractivity contribution is 5.89. The number of hydrogen-bond donors (Lipinski definition) is 4. The normalized spacial score (nSPS) is 11.9. The van der Waals surface area contributed by atoms with E-state index in [1.54, 1.807) is 0 Å². The van der Waals surface area contributed by atoms with Crippen LogP contribution in [0, 0.1) is 0 Å². The molecule has 4 N–H and O–H groups in total. The van der Waals surface area contributed by atoms with Crippen LogP contribution in [0.2, 0.25) is 0 Å². The van der Waals surface area contributed by atoms with Gasteiger partial charge in [0, 0.05) is 44.3 Å². The van der Waals surface area contributed by atoms with Crippen LogP contribution in [0.3, 0.4) is 0 Å². The van der Waals surface area contributed by atoms with E-state index in [9.17, 15) is 9.90 Å². The maximum atomic E-state index is 11.2. The molecule has 0 saturated carbocycles. The molecule has 1 atom stereocenters. The Labute approximate surface area is 198 Å². The molecule has 8 heteroatoms. The number of ether oxygens (including phenoxy) is 1. The van der Waals surface area contributed by atoms with Crippen LogP contribution in [0.5, 0.6) is 0 Å². The fraction of sp³-hybridized carbons (Fsp3) is 0.269. The number of carbonyl (C=O) groups excluding carboxylic acids is 1. The summed E-state index contributed by atoms with van der Waals surface area (Å²) < 4.78 is 5.81. The molecule has 0 aliphatic carbocycles. The van der Waals surface area contributed by atoms with Crippen molar-refractivity contribution >= 4 is 22.8 Å². The van der Waals surface area contributed by atoms with Crippen molar-refractivity contribution < 1.29 is 14.6 Å². The van der Waals surface area contributed by atoms with Gasteiger partial charge in [-0.15, -0.1) is 0 Å². The highest BCUT2D eigenvalue weighted by atomic mass is 16.5. The zero-order valence-corrected chi connectivity index (χ0v) is 19.1. The van der Waals surface area contributed by atoms with Crippen LogP contribution < -0.4 is 10.6 Å². The average Bonchev–Trinajstić information content (AvgIpc) is 3.28. The first-order valence-electron chi connectivity index (χ1n) is 11.3. The van der Waals surface area contributed by atoms with E-state index in [2.05, 4.69) is 15.6 Å². The summed E-state index contributed by atoms with van der Waals surface area (Å²) >= 11 is 0. The molecular weight excluding hydrogens is 430 g/mol. The van der Waals surface area contributed by atoms with Gasteiger partial charge in [0.25, 0.3) is 0 Å². The van der Waals surface area contributed by atoms with Gasteiger partial charge in [-0.2, -0.15) is 0 Å². The number of aromatic nitrogens is 3. The van der Waals surface area contributed by atoms with Crippen LogP contribution in [0.15, 0.2) is 66.7 Å². The molecule has 4 rings (SSSR count). The number of aliphatic hydroxyl groups excluding tert-OH is 1. The summed E-state index contributed by atoms with van der Waals surface area (Å²) in [6.07, 6.45) is -0.0411. The quantitative estimate of drug-likeness (QED) is 0.254. The van der Waals surface area contributed by atoms with Crippen molar-refractivity contribution in [2.75, 3.05) is 25.0 Å². The number of aliphatic hydroxyl groups is 1. The summed E-state index contributed by atoms with van der Waals surface area (Å²) in [4.78, 5) is 23.9. The summed E-state index contributed by atoms with van der Waals surface area (Å²) in [5.41, 5.74) is 3.37. The summed E-state index contributed by atoms with van der Waals surface area (Å²) in [5, 5.41) is 17.2. The van der Waals surface area contributed by atoms with Crippen molar-refractivity contribution in [1.82, 2.24) is 20.3 Å². The smallest absolute Gasteiger partial charge is 0.216 e. The Morgan fingerprint density at radius 1 is 1.06 bits per heavy atom. The van der Waals surface area contributed by atoms with Gasteiger partial charge in [0.2, 0.25) is 5.91 Å². The Morgan fingerprint density at radius 2 is 1.79 bits per heavy atom. The Bertz CT molecular complexity index is 1210. The molecule has 2 aromatic carbocycles. The minimum atomic E-state index is -0.553. The van der Waals surface area contributed by atoms with Crippen molar-refractivity contribution in [3.8, 4) is 11.4 Å². The number of aromatic amines is 1. The molecule has 0 radical (unpaired) electrons. The number of nitrogens with one attached hydrogen (secondary N) is 3. The first-order valence-corrected chi connectivity index (χ1v) is 11.3. The number of carbonyl (C=O) groups is 1. The third kappa shape index (κ3) is 6.18. The van der Waals surface area contributed by atoms with E-state index < -0.39 is 6.10 Å². The number of rotatable bonds is 11. The Balaban J connectivity index is 1.45. The Morgan fingerprint density at radius 3 is 2.53 bits per heavy atom. The molecule has 0 aliphatic heterocycles. The number of anilines is 1. The predicted molar refractivity (Wildman–Crippen MR) is 132 cm³/mol.